The van der Waals surface area contributed by atoms with Crippen LogP contribution in [0.5, 0.6) is 5.75 Å². The molecule has 0 aromatic heterocycles. The van der Waals surface area contributed by atoms with Crippen molar-refractivity contribution >= 4 is 5.97 Å². The molecule has 0 radical (unpaired) electrons. The average Bonchev–Trinajstić information content (AvgIpc) is 3.33. The lowest BCUT2D eigenvalue weighted by molar-refractivity contribution is -0.143. The molecule has 0 spiro atoms. The number of esters is 1. The third-order valence-electron chi connectivity index (χ3n) is 11.2. The molecule has 0 heterocycles. The van der Waals surface area contributed by atoms with E-state index in [-0.39, 0.29) is 5.97 Å². The molecule has 0 amide bonds. The van der Waals surface area contributed by atoms with E-state index in [0.29, 0.717) is 53.2 Å². The zero-order valence-electron chi connectivity index (χ0n) is 40.0. The number of rotatable bonds is 13. The smallest absolute Gasteiger partial charge is 0.305 e. The van der Waals surface area contributed by atoms with Crippen molar-refractivity contribution in [2.45, 2.75) is 99.3 Å². The summed E-state index contributed by atoms with van der Waals surface area (Å²) in [7, 11) is 0. The van der Waals surface area contributed by atoms with Crippen LogP contribution in [0.2, 0.25) is 0 Å². The van der Waals surface area contributed by atoms with E-state index >= 15 is 0 Å². The average molecular weight is 877 g/mol. The molecule has 3 nitrogen and oxygen atoms in total. The van der Waals surface area contributed by atoms with Crippen LogP contribution in [0.4, 0.5) is 0 Å². The maximum Gasteiger partial charge on any atom is 0.305 e. The molecular formula is C64H60O3. The van der Waals surface area contributed by atoms with Gasteiger partial charge in [-0.25, -0.2) is 0 Å². The topological polar surface area (TPSA) is 35.5 Å². The summed E-state index contributed by atoms with van der Waals surface area (Å²) in [6.45, 7) is 13.1. The SMILES string of the molecule is CCOC(=O)CCCCCCCCCCOc1c(C#Cc2ccc(C)cc2)c(C#Cc2ccc(C)cc2)c(C#Cc2ccc(C)cc2)c(C#Cc2ccc(C)cc2)c1C#Cc1ccc(C)cc1. The third kappa shape index (κ3) is 15.8. The summed E-state index contributed by atoms with van der Waals surface area (Å²) in [6.07, 6.45) is 8.75. The van der Waals surface area contributed by atoms with Gasteiger partial charge in [0.1, 0.15) is 0 Å². The van der Waals surface area contributed by atoms with Crippen LogP contribution < -0.4 is 4.74 Å². The number of benzene rings is 6. The van der Waals surface area contributed by atoms with E-state index in [1.54, 1.807) is 0 Å². The zero-order chi connectivity index (χ0) is 47.2. The number of ether oxygens (including phenoxy) is 2. The van der Waals surface area contributed by atoms with Crippen molar-refractivity contribution in [1.82, 2.24) is 0 Å². The van der Waals surface area contributed by atoms with Gasteiger partial charge in [0.25, 0.3) is 0 Å². The highest BCUT2D eigenvalue weighted by atomic mass is 16.5. The first kappa shape index (κ1) is 48.8. The van der Waals surface area contributed by atoms with Crippen molar-refractivity contribution in [1.29, 1.82) is 0 Å². The highest BCUT2D eigenvalue weighted by molar-refractivity contribution is 5.78. The normalized spacial score (nSPS) is 10.1. The first-order chi connectivity index (χ1) is 32.6. The van der Waals surface area contributed by atoms with Gasteiger partial charge in [0.15, 0.2) is 5.75 Å². The van der Waals surface area contributed by atoms with Crippen LogP contribution >= 0.6 is 0 Å². The maximum absolute atomic E-state index is 11.7. The largest absolute Gasteiger partial charge is 0.491 e. The van der Waals surface area contributed by atoms with E-state index in [9.17, 15) is 4.79 Å². The number of hydrogen-bond donors (Lipinski definition) is 0. The number of unbranched alkanes of at least 4 members (excludes halogenated alkanes) is 7. The molecule has 6 rings (SSSR count). The summed E-state index contributed by atoms with van der Waals surface area (Å²) < 4.78 is 12.1. The standard InChI is InChI=1S/C64H60O3/c1-7-66-63(65)16-14-12-10-8-9-11-13-15-47-67-64-61(45-40-56-33-23-51(5)24-34-56)59(43-38-54-29-19-49(3)20-30-54)58(42-37-53-27-17-48(2)18-28-53)60(44-39-55-31-21-50(4)22-32-55)62(64)46-41-57-35-25-52(6)26-36-57/h17-36H,7-16,47H2,1-6H3. The van der Waals surface area contributed by atoms with Crippen molar-refractivity contribution < 1.29 is 14.3 Å². The molecule has 0 aliphatic heterocycles. The molecule has 3 heteroatoms. The van der Waals surface area contributed by atoms with Crippen molar-refractivity contribution in [2.24, 2.45) is 0 Å². The van der Waals surface area contributed by atoms with E-state index in [1.807, 2.05) is 67.6 Å². The highest BCUT2D eigenvalue weighted by Gasteiger charge is 2.22. The van der Waals surface area contributed by atoms with Gasteiger partial charge in [-0.15, -0.1) is 0 Å². The third-order valence-corrected chi connectivity index (χ3v) is 11.2. The molecule has 0 aliphatic rings. The monoisotopic (exact) mass is 876 g/mol. The number of carbonyl (C=O) groups excluding carboxylic acids is 1. The summed E-state index contributed by atoms with van der Waals surface area (Å²) in [5, 5.41) is 0. The molecular weight excluding hydrogens is 817 g/mol. The molecule has 0 unspecified atom stereocenters. The van der Waals surface area contributed by atoms with E-state index in [2.05, 4.69) is 154 Å². The maximum atomic E-state index is 11.7. The van der Waals surface area contributed by atoms with E-state index in [4.69, 9.17) is 9.47 Å². The molecule has 0 atom stereocenters. The van der Waals surface area contributed by atoms with Crippen LogP contribution in [-0.2, 0) is 9.53 Å². The fourth-order valence-electron chi connectivity index (χ4n) is 7.18. The number of aryl methyl sites for hydroxylation is 5. The first-order valence-corrected chi connectivity index (χ1v) is 23.6. The van der Waals surface area contributed by atoms with Gasteiger partial charge < -0.3 is 9.47 Å². The van der Waals surface area contributed by atoms with Gasteiger partial charge in [-0.1, -0.05) is 186 Å². The lowest BCUT2D eigenvalue weighted by Crippen LogP contribution is -2.08. The van der Waals surface area contributed by atoms with Gasteiger partial charge in [0.2, 0.25) is 0 Å². The second-order valence-electron chi connectivity index (χ2n) is 17.0. The minimum Gasteiger partial charge on any atom is -0.491 e. The lowest BCUT2D eigenvalue weighted by atomic mass is 9.89. The zero-order valence-corrected chi connectivity index (χ0v) is 40.0. The Morgan fingerprint density at radius 3 is 0.940 bits per heavy atom. The van der Waals surface area contributed by atoms with Crippen LogP contribution in [0.3, 0.4) is 0 Å². The van der Waals surface area contributed by atoms with Gasteiger partial charge in [0.05, 0.1) is 41.0 Å². The molecule has 67 heavy (non-hydrogen) atoms. The Morgan fingerprint density at radius 1 is 0.358 bits per heavy atom. The summed E-state index contributed by atoms with van der Waals surface area (Å²) in [5.41, 5.74) is 13.4. The molecule has 0 fully saturated rings. The first-order valence-electron chi connectivity index (χ1n) is 23.6. The van der Waals surface area contributed by atoms with Crippen LogP contribution in [0.15, 0.2) is 121 Å². The Kier molecular flexibility index (Phi) is 18.8. The van der Waals surface area contributed by atoms with Gasteiger partial charge in [-0.2, -0.15) is 0 Å². The molecule has 0 saturated carbocycles. The van der Waals surface area contributed by atoms with Crippen molar-refractivity contribution in [2.75, 3.05) is 13.2 Å². The van der Waals surface area contributed by atoms with Crippen molar-refractivity contribution in [3.05, 3.63) is 205 Å². The Bertz CT molecular complexity index is 2780. The summed E-state index contributed by atoms with van der Waals surface area (Å²) in [6, 6.07) is 41.1. The van der Waals surface area contributed by atoms with Gasteiger partial charge in [0, 0.05) is 34.2 Å². The highest BCUT2D eigenvalue weighted by Crippen LogP contribution is 2.34. The minimum atomic E-state index is -0.100. The second-order valence-corrected chi connectivity index (χ2v) is 17.0. The predicted octanol–water partition coefficient (Wildman–Crippen LogP) is 13.7. The number of hydrogen-bond acceptors (Lipinski definition) is 3. The molecule has 0 aliphatic carbocycles. The molecule has 0 N–H and O–H groups in total. The van der Waals surface area contributed by atoms with E-state index in [0.717, 1.165) is 107 Å². The quantitative estimate of drug-likeness (QED) is 0.0659. The lowest BCUT2D eigenvalue weighted by Gasteiger charge is -2.17. The number of carbonyl (C=O) groups is 1. The van der Waals surface area contributed by atoms with Crippen LogP contribution in [-0.4, -0.2) is 19.2 Å². The minimum absolute atomic E-state index is 0.100. The summed E-state index contributed by atoms with van der Waals surface area (Å²) in [5.74, 6) is 35.7. The molecule has 6 aromatic carbocycles. The Labute approximate surface area is 400 Å². The van der Waals surface area contributed by atoms with E-state index < -0.39 is 0 Å². The van der Waals surface area contributed by atoms with Crippen LogP contribution in [0.1, 0.15) is 148 Å². The molecule has 0 bridgehead atoms. The Balaban J connectivity index is 1.53. The van der Waals surface area contributed by atoms with Gasteiger partial charge >= 0.3 is 5.97 Å². The van der Waals surface area contributed by atoms with Gasteiger partial charge in [-0.3, -0.25) is 4.79 Å². The van der Waals surface area contributed by atoms with Gasteiger partial charge in [-0.05, 0) is 115 Å². The van der Waals surface area contributed by atoms with Crippen LogP contribution in [0.25, 0.3) is 0 Å². The summed E-state index contributed by atoms with van der Waals surface area (Å²) in [4.78, 5) is 11.7. The molecule has 334 valence electrons. The fourth-order valence-corrected chi connectivity index (χ4v) is 7.18. The van der Waals surface area contributed by atoms with E-state index in [1.165, 1.54) is 0 Å². The van der Waals surface area contributed by atoms with Crippen molar-refractivity contribution in [3.8, 4) is 65.0 Å². The Hall–Kier alpha value is -7.61. The fraction of sp³-hybridized carbons (Fsp3) is 0.266. The summed E-state index contributed by atoms with van der Waals surface area (Å²) >= 11 is 0. The molecule has 0 saturated heterocycles. The van der Waals surface area contributed by atoms with Crippen molar-refractivity contribution in [3.63, 3.8) is 0 Å². The Morgan fingerprint density at radius 2 is 0.627 bits per heavy atom. The predicted molar refractivity (Wildman–Crippen MR) is 276 cm³/mol. The second kappa shape index (κ2) is 25.8. The molecule has 6 aromatic rings. The van der Waals surface area contributed by atoms with Crippen LogP contribution in [0, 0.1) is 93.8 Å².